The highest BCUT2D eigenvalue weighted by Gasteiger charge is 2.22. The Kier molecular flexibility index (Phi) is 6.93. The summed E-state index contributed by atoms with van der Waals surface area (Å²) in [6, 6.07) is 1.24. The van der Waals surface area contributed by atoms with Crippen molar-refractivity contribution in [1.29, 1.82) is 0 Å². The topological polar surface area (TPSA) is 53.6 Å². The van der Waals surface area contributed by atoms with Gasteiger partial charge in [-0.1, -0.05) is 6.42 Å². The SMILES string of the molecule is CC(C)N(CC(=O)NC1CCOCC1)CC1CCCCN1. The largest absolute Gasteiger partial charge is 0.381 e. The van der Waals surface area contributed by atoms with Crippen molar-refractivity contribution in [1.82, 2.24) is 15.5 Å². The minimum absolute atomic E-state index is 0.159. The fraction of sp³-hybridized carbons (Fsp3) is 0.938. The predicted octanol–water partition coefficient (Wildman–Crippen LogP) is 1.13. The molecule has 2 aliphatic rings. The molecule has 1 amide bonds. The Bertz CT molecular complexity index is 311. The van der Waals surface area contributed by atoms with E-state index < -0.39 is 0 Å². The number of hydrogen-bond acceptors (Lipinski definition) is 4. The molecule has 21 heavy (non-hydrogen) atoms. The number of carbonyl (C=O) groups is 1. The summed E-state index contributed by atoms with van der Waals surface area (Å²) >= 11 is 0. The lowest BCUT2D eigenvalue weighted by molar-refractivity contribution is -0.124. The minimum Gasteiger partial charge on any atom is -0.381 e. The molecular weight excluding hydrogens is 266 g/mol. The van der Waals surface area contributed by atoms with E-state index in [1.54, 1.807) is 0 Å². The highest BCUT2D eigenvalue weighted by Crippen LogP contribution is 2.11. The van der Waals surface area contributed by atoms with Crippen LogP contribution in [-0.4, -0.2) is 61.8 Å². The summed E-state index contributed by atoms with van der Waals surface area (Å²) in [6.07, 6.45) is 5.69. The monoisotopic (exact) mass is 297 g/mol. The number of amides is 1. The normalized spacial score (nSPS) is 24.5. The zero-order valence-corrected chi connectivity index (χ0v) is 13.6. The third-order valence-corrected chi connectivity index (χ3v) is 4.53. The summed E-state index contributed by atoms with van der Waals surface area (Å²) in [5, 5.41) is 6.73. The molecule has 2 rings (SSSR count). The quantitative estimate of drug-likeness (QED) is 0.772. The number of piperidine rings is 1. The lowest BCUT2D eigenvalue weighted by atomic mass is 10.0. The van der Waals surface area contributed by atoms with Gasteiger partial charge in [-0.15, -0.1) is 0 Å². The zero-order chi connectivity index (χ0) is 15.1. The highest BCUT2D eigenvalue weighted by molar-refractivity contribution is 5.78. The van der Waals surface area contributed by atoms with Gasteiger partial charge in [0.25, 0.3) is 0 Å². The van der Waals surface area contributed by atoms with Crippen LogP contribution in [0.5, 0.6) is 0 Å². The summed E-state index contributed by atoms with van der Waals surface area (Å²) in [5.41, 5.74) is 0. The Morgan fingerprint density at radius 1 is 1.29 bits per heavy atom. The van der Waals surface area contributed by atoms with Gasteiger partial charge in [0.2, 0.25) is 5.91 Å². The molecule has 0 aromatic rings. The molecule has 5 heteroatoms. The van der Waals surface area contributed by atoms with Gasteiger partial charge in [0.1, 0.15) is 0 Å². The molecule has 0 aromatic heterocycles. The van der Waals surface area contributed by atoms with Crippen molar-refractivity contribution in [3.8, 4) is 0 Å². The standard InChI is InChI=1S/C16H31N3O2/c1-13(2)19(11-15-5-3-4-8-17-15)12-16(20)18-14-6-9-21-10-7-14/h13-15,17H,3-12H2,1-2H3,(H,18,20). The van der Waals surface area contributed by atoms with Crippen LogP contribution in [0.3, 0.4) is 0 Å². The number of rotatable bonds is 6. The molecule has 0 aromatic carbocycles. The van der Waals surface area contributed by atoms with Crippen molar-refractivity contribution < 1.29 is 9.53 Å². The molecule has 2 saturated heterocycles. The number of ether oxygens (including phenoxy) is 1. The lowest BCUT2D eigenvalue weighted by Gasteiger charge is -2.33. The van der Waals surface area contributed by atoms with Gasteiger partial charge in [-0.25, -0.2) is 0 Å². The van der Waals surface area contributed by atoms with Crippen LogP contribution in [-0.2, 0) is 9.53 Å². The smallest absolute Gasteiger partial charge is 0.234 e. The molecule has 2 heterocycles. The molecule has 2 fully saturated rings. The molecule has 122 valence electrons. The van der Waals surface area contributed by atoms with Gasteiger partial charge in [-0.05, 0) is 46.1 Å². The first-order valence-electron chi connectivity index (χ1n) is 8.49. The molecule has 0 aliphatic carbocycles. The van der Waals surface area contributed by atoms with Crippen LogP contribution in [0.4, 0.5) is 0 Å². The van der Waals surface area contributed by atoms with Crippen molar-refractivity contribution in [2.24, 2.45) is 0 Å². The fourth-order valence-electron chi connectivity index (χ4n) is 3.12. The van der Waals surface area contributed by atoms with E-state index in [-0.39, 0.29) is 5.91 Å². The third kappa shape index (κ3) is 5.93. The maximum Gasteiger partial charge on any atom is 0.234 e. The Balaban J connectivity index is 1.76. The average molecular weight is 297 g/mol. The third-order valence-electron chi connectivity index (χ3n) is 4.53. The zero-order valence-electron chi connectivity index (χ0n) is 13.6. The van der Waals surface area contributed by atoms with Gasteiger partial charge < -0.3 is 15.4 Å². The Morgan fingerprint density at radius 3 is 2.67 bits per heavy atom. The molecule has 0 bridgehead atoms. The van der Waals surface area contributed by atoms with Gasteiger partial charge in [0.05, 0.1) is 6.54 Å². The maximum absolute atomic E-state index is 12.3. The van der Waals surface area contributed by atoms with Gasteiger partial charge in [-0.3, -0.25) is 9.69 Å². The predicted molar refractivity (Wildman–Crippen MR) is 84.3 cm³/mol. The van der Waals surface area contributed by atoms with Gasteiger partial charge >= 0.3 is 0 Å². The molecule has 0 radical (unpaired) electrons. The van der Waals surface area contributed by atoms with Crippen molar-refractivity contribution in [3.05, 3.63) is 0 Å². The first-order chi connectivity index (χ1) is 10.1. The van der Waals surface area contributed by atoms with Crippen LogP contribution in [0.25, 0.3) is 0 Å². The molecular formula is C16H31N3O2. The first-order valence-corrected chi connectivity index (χ1v) is 8.49. The number of nitrogens with one attached hydrogen (secondary N) is 2. The Labute approximate surface area is 128 Å². The fourth-order valence-corrected chi connectivity index (χ4v) is 3.12. The van der Waals surface area contributed by atoms with E-state index in [1.807, 2.05) is 0 Å². The van der Waals surface area contributed by atoms with E-state index in [9.17, 15) is 4.79 Å². The molecule has 2 aliphatic heterocycles. The van der Waals surface area contributed by atoms with E-state index in [2.05, 4.69) is 29.4 Å². The van der Waals surface area contributed by atoms with Crippen molar-refractivity contribution >= 4 is 5.91 Å². The second-order valence-corrected chi connectivity index (χ2v) is 6.62. The first kappa shape index (κ1) is 16.7. The lowest BCUT2D eigenvalue weighted by Crippen LogP contribution is -2.50. The van der Waals surface area contributed by atoms with E-state index in [4.69, 9.17) is 4.74 Å². The minimum atomic E-state index is 0.159. The van der Waals surface area contributed by atoms with Crippen molar-refractivity contribution in [2.45, 2.75) is 64.1 Å². The number of hydrogen-bond donors (Lipinski definition) is 2. The number of carbonyl (C=O) groups excluding carboxylic acids is 1. The molecule has 1 unspecified atom stereocenters. The summed E-state index contributed by atoms with van der Waals surface area (Å²) in [7, 11) is 0. The summed E-state index contributed by atoms with van der Waals surface area (Å²) < 4.78 is 5.33. The van der Waals surface area contributed by atoms with Gasteiger partial charge in [0.15, 0.2) is 0 Å². The molecule has 0 saturated carbocycles. The van der Waals surface area contributed by atoms with E-state index >= 15 is 0 Å². The molecule has 2 N–H and O–H groups in total. The number of nitrogens with zero attached hydrogens (tertiary/aromatic N) is 1. The van der Waals surface area contributed by atoms with Crippen molar-refractivity contribution in [2.75, 3.05) is 32.8 Å². The van der Waals surface area contributed by atoms with Crippen LogP contribution >= 0.6 is 0 Å². The van der Waals surface area contributed by atoms with Crippen LogP contribution in [0.15, 0.2) is 0 Å². The molecule has 1 atom stereocenters. The van der Waals surface area contributed by atoms with E-state index in [0.29, 0.717) is 24.7 Å². The van der Waals surface area contributed by atoms with Gasteiger partial charge in [-0.2, -0.15) is 0 Å². The Hall–Kier alpha value is -0.650. The van der Waals surface area contributed by atoms with Crippen LogP contribution in [0.1, 0.15) is 46.0 Å². The van der Waals surface area contributed by atoms with E-state index in [1.165, 1.54) is 19.3 Å². The highest BCUT2D eigenvalue weighted by atomic mass is 16.5. The van der Waals surface area contributed by atoms with Crippen LogP contribution < -0.4 is 10.6 Å². The Morgan fingerprint density at radius 2 is 2.05 bits per heavy atom. The second-order valence-electron chi connectivity index (χ2n) is 6.62. The molecule has 5 nitrogen and oxygen atoms in total. The average Bonchev–Trinajstić information content (AvgIpc) is 2.48. The summed E-state index contributed by atoms with van der Waals surface area (Å²) in [6.45, 7) is 8.47. The molecule has 0 spiro atoms. The summed E-state index contributed by atoms with van der Waals surface area (Å²) in [5.74, 6) is 0.159. The van der Waals surface area contributed by atoms with Gasteiger partial charge in [0, 0.05) is 37.9 Å². The van der Waals surface area contributed by atoms with Crippen molar-refractivity contribution in [3.63, 3.8) is 0 Å². The maximum atomic E-state index is 12.3. The van der Waals surface area contributed by atoms with Crippen LogP contribution in [0.2, 0.25) is 0 Å². The summed E-state index contributed by atoms with van der Waals surface area (Å²) in [4.78, 5) is 14.5. The van der Waals surface area contributed by atoms with Crippen LogP contribution in [0, 0.1) is 0 Å². The van der Waals surface area contributed by atoms with E-state index in [0.717, 1.165) is 39.1 Å². The second kappa shape index (κ2) is 8.71.